The molecule has 0 saturated heterocycles. The third-order valence-electron chi connectivity index (χ3n) is 3.38. The zero-order chi connectivity index (χ0) is 12.8. The lowest BCUT2D eigenvalue weighted by Crippen LogP contribution is -1.92. The number of fused-ring (bicyclic) bond motifs is 4. The smallest absolute Gasteiger partial charge is 0.231 e. The predicted molar refractivity (Wildman–Crippen MR) is 71.9 cm³/mol. The Hall–Kier alpha value is -2.49. The van der Waals surface area contributed by atoms with E-state index in [1.54, 1.807) is 7.11 Å². The second-order valence-electron chi connectivity index (χ2n) is 4.43. The molecule has 0 radical (unpaired) electrons. The van der Waals surface area contributed by atoms with Crippen molar-refractivity contribution in [2.24, 2.45) is 0 Å². The van der Waals surface area contributed by atoms with Gasteiger partial charge in [-0.05, 0) is 35.7 Å². The van der Waals surface area contributed by atoms with Gasteiger partial charge < -0.3 is 14.2 Å². The second kappa shape index (κ2) is 3.75. The standard InChI is InChI=1S/C15H11NO3/c1-17-10-2-3-13-12(5-10)11-6-15-14(18-8-19-15)4-9(11)7-16-13/h2-7H,8H2,1H3. The molecule has 0 aliphatic carbocycles. The summed E-state index contributed by atoms with van der Waals surface area (Å²) in [5.74, 6) is 2.37. The van der Waals surface area contributed by atoms with E-state index in [9.17, 15) is 0 Å². The van der Waals surface area contributed by atoms with Crippen molar-refractivity contribution in [3.63, 3.8) is 0 Å². The number of hydrogen-bond donors (Lipinski definition) is 0. The average Bonchev–Trinajstić information content (AvgIpc) is 2.91. The largest absolute Gasteiger partial charge is 0.497 e. The molecule has 0 spiro atoms. The average molecular weight is 253 g/mol. The number of pyridine rings is 1. The molecular formula is C15H11NO3. The van der Waals surface area contributed by atoms with Gasteiger partial charge in [0.1, 0.15) is 5.75 Å². The van der Waals surface area contributed by atoms with E-state index in [1.807, 2.05) is 36.5 Å². The summed E-state index contributed by atoms with van der Waals surface area (Å²) < 4.78 is 16.1. The summed E-state index contributed by atoms with van der Waals surface area (Å²) in [6, 6.07) is 9.82. The van der Waals surface area contributed by atoms with E-state index < -0.39 is 0 Å². The van der Waals surface area contributed by atoms with Gasteiger partial charge in [-0.25, -0.2) is 0 Å². The Morgan fingerprint density at radius 2 is 1.89 bits per heavy atom. The maximum Gasteiger partial charge on any atom is 0.231 e. The Morgan fingerprint density at radius 3 is 2.74 bits per heavy atom. The Kier molecular flexibility index (Phi) is 2.06. The van der Waals surface area contributed by atoms with Crippen LogP contribution in [0.2, 0.25) is 0 Å². The van der Waals surface area contributed by atoms with Crippen LogP contribution < -0.4 is 14.2 Å². The highest BCUT2D eigenvalue weighted by Crippen LogP contribution is 2.38. The minimum Gasteiger partial charge on any atom is -0.497 e. The number of nitrogens with zero attached hydrogens (tertiary/aromatic N) is 1. The van der Waals surface area contributed by atoms with Crippen molar-refractivity contribution in [3.05, 3.63) is 36.5 Å². The molecule has 94 valence electrons. The molecule has 4 nitrogen and oxygen atoms in total. The number of rotatable bonds is 1. The third kappa shape index (κ3) is 1.50. The molecule has 2 heterocycles. The van der Waals surface area contributed by atoms with Crippen LogP contribution >= 0.6 is 0 Å². The van der Waals surface area contributed by atoms with Crippen LogP contribution in [0.25, 0.3) is 21.7 Å². The summed E-state index contributed by atoms with van der Waals surface area (Å²) in [5, 5.41) is 3.17. The van der Waals surface area contributed by atoms with E-state index in [0.29, 0.717) is 0 Å². The van der Waals surface area contributed by atoms with Crippen LogP contribution in [0.4, 0.5) is 0 Å². The maximum atomic E-state index is 5.44. The van der Waals surface area contributed by atoms with Gasteiger partial charge in [-0.3, -0.25) is 4.98 Å². The minimum atomic E-state index is 0.278. The summed E-state index contributed by atoms with van der Waals surface area (Å²) in [5.41, 5.74) is 0.937. The van der Waals surface area contributed by atoms with Crippen molar-refractivity contribution in [1.29, 1.82) is 0 Å². The summed E-state index contributed by atoms with van der Waals surface area (Å²) in [4.78, 5) is 4.46. The molecule has 0 saturated carbocycles. The van der Waals surface area contributed by atoms with Crippen LogP contribution in [-0.2, 0) is 0 Å². The Balaban J connectivity index is 2.11. The lowest BCUT2D eigenvalue weighted by molar-refractivity contribution is 0.174. The molecule has 0 unspecified atom stereocenters. The van der Waals surface area contributed by atoms with Crippen molar-refractivity contribution in [3.8, 4) is 17.2 Å². The Labute approximate surface area is 109 Å². The second-order valence-corrected chi connectivity index (χ2v) is 4.43. The van der Waals surface area contributed by atoms with Crippen LogP contribution in [0.1, 0.15) is 0 Å². The number of aromatic nitrogens is 1. The molecule has 4 heteroatoms. The van der Waals surface area contributed by atoms with Crippen molar-refractivity contribution in [2.75, 3.05) is 13.9 Å². The topological polar surface area (TPSA) is 40.6 Å². The highest BCUT2D eigenvalue weighted by Gasteiger charge is 2.15. The van der Waals surface area contributed by atoms with Gasteiger partial charge in [0.25, 0.3) is 0 Å². The monoisotopic (exact) mass is 253 g/mol. The van der Waals surface area contributed by atoms with Crippen LogP contribution in [0.3, 0.4) is 0 Å². The first-order valence-electron chi connectivity index (χ1n) is 6.01. The molecule has 0 amide bonds. The fourth-order valence-electron chi connectivity index (χ4n) is 2.41. The lowest BCUT2D eigenvalue weighted by Gasteiger charge is -2.06. The van der Waals surface area contributed by atoms with Gasteiger partial charge in [0.15, 0.2) is 11.5 Å². The highest BCUT2D eigenvalue weighted by molar-refractivity contribution is 6.07. The number of hydrogen-bond acceptors (Lipinski definition) is 4. The molecule has 2 aromatic carbocycles. The van der Waals surface area contributed by atoms with Crippen LogP contribution in [0, 0.1) is 0 Å². The SMILES string of the molecule is COc1ccc2ncc3cc4c(cc3c2c1)OCO4. The van der Waals surface area contributed by atoms with E-state index in [0.717, 1.165) is 38.9 Å². The van der Waals surface area contributed by atoms with Crippen molar-refractivity contribution < 1.29 is 14.2 Å². The van der Waals surface area contributed by atoms with Gasteiger partial charge in [0.05, 0.1) is 12.6 Å². The molecule has 0 N–H and O–H groups in total. The highest BCUT2D eigenvalue weighted by atomic mass is 16.7. The predicted octanol–water partition coefficient (Wildman–Crippen LogP) is 3.13. The maximum absolute atomic E-state index is 5.44. The van der Waals surface area contributed by atoms with Crippen molar-refractivity contribution >= 4 is 21.7 Å². The molecular weight excluding hydrogens is 242 g/mol. The molecule has 4 rings (SSSR count). The van der Waals surface area contributed by atoms with E-state index in [4.69, 9.17) is 14.2 Å². The van der Waals surface area contributed by atoms with E-state index in [-0.39, 0.29) is 6.79 Å². The molecule has 1 aromatic heterocycles. The first-order valence-corrected chi connectivity index (χ1v) is 6.01. The Bertz CT molecular complexity index is 798. The van der Waals surface area contributed by atoms with Gasteiger partial charge >= 0.3 is 0 Å². The third-order valence-corrected chi connectivity index (χ3v) is 3.38. The zero-order valence-electron chi connectivity index (χ0n) is 10.3. The quantitative estimate of drug-likeness (QED) is 0.625. The number of benzene rings is 2. The van der Waals surface area contributed by atoms with Crippen LogP contribution in [0.15, 0.2) is 36.5 Å². The Morgan fingerprint density at radius 1 is 1.05 bits per heavy atom. The number of ether oxygens (including phenoxy) is 3. The molecule has 1 aliphatic rings. The molecule has 3 aromatic rings. The van der Waals surface area contributed by atoms with E-state index in [2.05, 4.69) is 4.98 Å². The summed E-state index contributed by atoms with van der Waals surface area (Å²) >= 11 is 0. The fraction of sp³-hybridized carbons (Fsp3) is 0.133. The van der Waals surface area contributed by atoms with Crippen molar-refractivity contribution in [2.45, 2.75) is 0 Å². The molecule has 19 heavy (non-hydrogen) atoms. The molecule has 0 atom stereocenters. The van der Waals surface area contributed by atoms with E-state index >= 15 is 0 Å². The summed E-state index contributed by atoms with van der Waals surface area (Å²) in [7, 11) is 1.66. The first-order chi connectivity index (χ1) is 9.35. The molecule has 0 bridgehead atoms. The van der Waals surface area contributed by atoms with Crippen LogP contribution in [0.5, 0.6) is 17.2 Å². The van der Waals surface area contributed by atoms with Gasteiger partial charge in [-0.1, -0.05) is 0 Å². The van der Waals surface area contributed by atoms with Gasteiger partial charge in [-0.15, -0.1) is 0 Å². The van der Waals surface area contributed by atoms with Crippen molar-refractivity contribution in [1.82, 2.24) is 4.98 Å². The normalized spacial score (nSPS) is 13.1. The van der Waals surface area contributed by atoms with E-state index in [1.165, 1.54) is 0 Å². The van der Waals surface area contributed by atoms with Crippen LogP contribution in [-0.4, -0.2) is 18.9 Å². The molecule has 1 aliphatic heterocycles. The first kappa shape index (κ1) is 10.4. The summed E-state index contributed by atoms with van der Waals surface area (Å²) in [6.45, 7) is 0.278. The van der Waals surface area contributed by atoms with Gasteiger partial charge in [0.2, 0.25) is 6.79 Å². The van der Waals surface area contributed by atoms with Gasteiger partial charge in [0, 0.05) is 17.0 Å². The molecule has 0 fully saturated rings. The fourth-order valence-corrected chi connectivity index (χ4v) is 2.41. The lowest BCUT2D eigenvalue weighted by atomic mass is 10.1. The number of methoxy groups -OCH3 is 1. The summed E-state index contributed by atoms with van der Waals surface area (Å²) in [6.07, 6.45) is 1.85. The zero-order valence-corrected chi connectivity index (χ0v) is 10.3. The minimum absolute atomic E-state index is 0.278. The van der Waals surface area contributed by atoms with Gasteiger partial charge in [-0.2, -0.15) is 0 Å².